The van der Waals surface area contributed by atoms with E-state index in [9.17, 15) is 5.11 Å². The summed E-state index contributed by atoms with van der Waals surface area (Å²) >= 11 is 15.5. The van der Waals surface area contributed by atoms with E-state index in [1.807, 2.05) is 42.5 Å². The summed E-state index contributed by atoms with van der Waals surface area (Å²) in [5.74, 6) is 1.15. The van der Waals surface area contributed by atoms with Gasteiger partial charge in [0, 0.05) is 12.2 Å². The normalized spacial score (nSPS) is 10.6. The standard InChI is InChI=1S/C21H18BrCl2NO3/c1-27-19-8-14(11-25-15-9-17(23)20(26)18(24)10-15)7-16(22)21(19)28-12-13-5-3-2-4-6-13/h2-10,25-26H,11-12H2,1H3. The third kappa shape index (κ3) is 5.04. The van der Waals surface area contributed by atoms with E-state index < -0.39 is 0 Å². The predicted molar refractivity (Wildman–Crippen MR) is 117 cm³/mol. The average Bonchev–Trinajstić information content (AvgIpc) is 2.69. The van der Waals surface area contributed by atoms with Crippen LogP contribution >= 0.6 is 39.1 Å². The maximum atomic E-state index is 9.66. The van der Waals surface area contributed by atoms with Gasteiger partial charge in [-0.2, -0.15) is 0 Å². The highest BCUT2D eigenvalue weighted by Gasteiger charge is 2.13. The molecule has 0 radical (unpaired) electrons. The number of phenolic OH excluding ortho intramolecular Hbond substituents is 1. The van der Waals surface area contributed by atoms with Crippen LogP contribution in [-0.4, -0.2) is 12.2 Å². The van der Waals surface area contributed by atoms with Gasteiger partial charge in [0.2, 0.25) is 0 Å². The first kappa shape index (κ1) is 20.6. The zero-order valence-corrected chi connectivity index (χ0v) is 18.1. The number of halogens is 3. The minimum absolute atomic E-state index is 0.127. The molecule has 3 aromatic rings. The van der Waals surface area contributed by atoms with E-state index in [0.717, 1.165) is 15.6 Å². The molecule has 0 saturated carbocycles. The molecule has 0 fully saturated rings. The third-order valence-electron chi connectivity index (χ3n) is 4.03. The molecule has 7 heteroatoms. The minimum Gasteiger partial charge on any atom is -0.505 e. The van der Waals surface area contributed by atoms with Crippen LogP contribution in [-0.2, 0) is 13.2 Å². The monoisotopic (exact) mass is 481 g/mol. The quantitative estimate of drug-likeness (QED) is 0.369. The smallest absolute Gasteiger partial charge is 0.175 e. The van der Waals surface area contributed by atoms with Crippen LogP contribution in [0.2, 0.25) is 10.0 Å². The Balaban J connectivity index is 1.73. The zero-order valence-electron chi connectivity index (χ0n) is 15.0. The molecule has 4 nitrogen and oxygen atoms in total. The van der Waals surface area contributed by atoms with Gasteiger partial charge in [0.15, 0.2) is 17.2 Å². The molecule has 0 bridgehead atoms. The van der Waals surface area contributed by atoms with Gasteiger partial charge in [-0.05, 0) is 51.3 Å². The number of methoxy groups -OCH3 is 1. The van der Waals surface area contributed by atoms with E-state index in [2.05, 4.69) is 21.2 Å². The van der Waals surface area contributed by atoms with E-state index in [-0.39, 0.29) is 15.8 Å². The number of hydrogen-bond acceptors (Lipinski definition) is 4. The van der Waals surface area contributed by atoms with Crippen LogP contribution in [0.25, 0.3) is 0 Å². The fourth-order valence-corrected chi connectivity index (χ4v) is 3.71. The van der Waals surface area contributed by atoms with E-state index >= 15 is 0 Å². The molecule has 0 spiro atoms. The summed E-state index contributed by atoms with van der Waals surface area (Å²) < 4.78 is 12.2. The first-order chi connectivity index (χ1) is 13.5. The van der Waals surface area contributed by atoms with E-state index in [1.165, 1.54) is 0 Å². The van der Waals surface area contributed by atoms with Gasteiger partial charge in [-0.25, -0.2) is 0 Å². The number of benzene rings is 3. The van der Waals surface area contributed by atoms with Crippen molar-refractivity contribution in [2.75, 3.05) is 12.4 Å². The molecule has 0 saturated heterocycles. The number of nitrogens with one attached hydrogen (secondary N) is 1. The molecule has 0 aliphatic carbocycles. The zero-order chi connectivity index (χ0) is 20.1. The third-order valence-corrected chi connectivity index (χ3v) is 5.19. The molecule has 0 heterocycles. The van der Waals surface area contributed by atoms with Crippen molar-refractivity contribution in [3.05, 3.63) is 80.2 Å². The molecule has 146 valence electrons. The molecular weight excluding hydrogens is 465 g/mol. The second-order valence-electron chi connectivity index (χ2n) is 6.03. The second-order valence-corrected chi connectivity index (χ2v) is 7.69. The van der Waals surface area contributed by atoms with E-state index in [1.54, 1.807) is 19.2 Å². The molecule has 0 unspecified atom stereocenters. The Labute approximate surface area is 182 Å². The van der Waals surface area contributed by atoms with Crippen molar-refractivity contribution in [2.24, 2.45) is 0 Å². The summed E-state index contributed by atoms with van der Waals surface area (Å²) in [5.41, 5.74) is 2.74. The lowest BCUT2D eigenvalue weighted by atomic mass is 10.2. The van der Waals surface area contributed by atoms with Crippen LogP contribution in [0, 0.1) is 0 Å². The summed E-state index contributed by atoms with van der Waals surface area (Å²) in [6, 6.07) is 17.0. The highest BCUT2D eigenvalue weighted by Crippen LogP contribution is 2.38. The Morgan fingerprint density at radius 2 is 1.68 bits per heavy atom. The fourth-order valence-electron chi connectivity index (χ4n) is 2.62. The van der Waals surface area contributed by atoms with E-state index in [4.69, 9.17) is 32.7 Å². The largest absolute Gasteiger partial charge is 0.505 e. The highest BCUT2D eigenvalue weighted by molar-refractivity contribution is 9.10. The number of hydrogen-bond donors (Lipinski definition) is 2. The van der Waals surface area contributed by atoms with Gasteiger partial charge in [0.05, 0.1) is 21.6 Å². The van der Waals surface area contributed by atoms with Crippen molar-refractivity contribution in [3.63, 3.8) is 0 Å². The lowest BCUT2D eigenvalue weighted by Crippen LogP contribution is -2.03. The molecule has 0 amide bonds. The van der Waals surface area contributed by atoms with Crippen molar-refractivity contribution in [2.45, 2.75) is 13.2 Å². The maximum Gasteiger partial charge on any atom is 0.175 e. The van der Waals surface area contributed by atoms with Crippen molar-refractivity contribution >= 4 is 44.8 Å². The van der Waals surface area contributed by atoms with Gasteiger partial charge in [0.1, 0.15) is 6.61 Å². The maximum absolute atomic E-state index is 9.66. The van der Waals surface area contributed by atoms with Gasteiger partial charge in [-0.15, -0.1) is 0 Å². The SMILES string of the molecule is COc1cc(CNc2cc(Cl)c(O)c(Cl)c2)cc(Br)c1OCc1ccccc1. The molecular formula is C21H18BrCl2NO3. The first-order valence-electron chi connectivity index (χ1n) is 8.43. The Bertz CT molecular complexity index is 944. The summed E-state index contributed by atoms with van der Waals surface area (Å²) in [4.78, 5) is 0. The minimum atomic E-state index is -0.127. The second kappa shape index (κ2) is 9.41. The number of ether oxygens (including phenoxy) is 2. The summed E-state index contributed by atoms with van der Waals surface area (Å²) in [5, 5.41) is 13.3. The fraction of sp³-hybridized carbons (Fsp3) is 0.143. The topological polar surface area (TPSA) is 50.7 Å². The van der Waals surface area contributed by atoms with E-state index in [0.29, 0.717) is 30.3 Å². The Kier molecular flexibility index (Phi) is 6.94. The van der Waals surface area contributed by atoms with Crippen molar-refractivity contribution in [3.8, 4) is 17.2 Å². The molecule has 0 atom stereocenters. The van der Waals surface area contributed by atoms with Crippen LogP contribution in [0.5, 0.6) is 17.2 Å². The molecule has 0 aromatic heterocycles. The number of anilines is 1. The van der Waals surface area contributed by atoms with Gasteiger partial charge in [-0.3, -0.25) is 0 Å². The number of phenols is 1. The molecule has 0 aliphatic heterocycles. The molecule has 0 aliphatic rings. The van der Waals surface area contributed by atoms with Gasteiger partial charge >= 0.3 is 0 Å². The van der Waals surface area contributed by atoms with Gasteiger partial charge in [0.25, 0.3) is 0 Å². The van der Waals surface area contributed by atoms with Crippen LogP contribution in [0.15, 0.2) is 59.1 Å². The Hall–Kier alpha value is -2.08. The van der Waals surface area contributed by atoms with Crippen LogP contribution in [0.3, 0.4) is 0 Å². The highest BCUT2D eigenvalue weighted by atomic mass is 79.9. The summed E-state index contributed by atoms with van der Waals surface area (Å²) in [6.45, 7) is 0.948. The first-order valence-corrected chi connectivity index (χ1v) is 9.98. The lowest BCUT2D eigenvalue weighted by Gasteiger charge is -2.15. The lowest BCUT2D eigenvalue weighted by molar-refractivity contribution is 0.282. The molecule has 3 rings (SSSR count). The van der Waals surface area contributed by atoms with Crippen molar-refractivity contribution in [1.29, 1.82) is 0 Å². The summed E-state index contributed by atoms with van der Waals surface area (Å²) in [6.07, 6.45) is 0. The molecule has 28 heavy (non-hydrogen) atoms. The van der Waals surface area contributed by atoms with Crippen molar-refractivity contribution < 1.29 is 14.6 Å². The van der Waals surface area contributed by atoms with Crippen LogP contribution in [0.1, 0.15) is 11.1 Å². The van der Waals surface area contributed by atoms with Crippen molar-refractivity contribution in [1.82, 2.24) is 0 Å². The van der Waals surface area contributed by atoms with Crippen LogP contribution in [0.4, 0.5) is 5.69 Å². The van der Waals surface area contributed by atoms with Crippen LogP contribution < -0.4 is 14.8 Å². The Morgan fingerprint density at radius 3 is 2.32 bits per heavy atom. The molecule has 3 aromatic carbocycles. The number of rotatable bonds is 7. The molecule has 2 N–H and O–H groups in total. The number of aromatic hydroxyl groups is 1. The summed E-state index contributed by atoms with van der Waals surface area (Å²) in [7, 11) is 1.61. The predicted octanol–water partition coefficient (Wildman–Crippen LogP) is 6.66. The average molecular weight is 483 g/mol. The van der Waals surface area contributed by atoms with Gasteiger partial charge in [-0.1, -0.05) is 53.5 Å². The van der Waals surface area contributed by atoms with Gasteiger partial charge < -0.3 is 19.9 Å². The Morgan fingerprint density at radius 1 is 1.00 bits per heavy atom.